The molecule has 0 aliphatic carbocycles. The molecular weight excluding hydrogens is 656 g/mol. The van der Waals surface area contributed by atoms with Crippen LogP contribution in [-0.2, 0) is 0 Å². The maximum absolute atomic E-state index is 2.39. The Morgan fingerprint density at radius 2 is 0.600 bits per heavy atom. The number of thiophene rings is 3. The zero-order valence-corrected chi connectivity index (χ0v) is 26.0. The molecule has 4 heteroatoms. The van der Waals surface area contributed by atoms with Gasteiger partial charge in [0.05, 0.1) is 2.88 Å². The highest BCUT2D eigenvalue weighted by molar-refractivity contribution is 14.1. The van der Waals surface area contributed by atoms with Gasteiger partial charge in [0.25, 0.3) is 0 Å². The molecule has 7 rings (SSSR count). The Kier molecular flexibility index (Phi) is 7.25. The molecule has 0 nitrogen and oxygen atoms in total. The zero-order chi connectivity index (χ0) is 26.9. The van der Waals surface area contributed by atoms with E-state index in [-0.39, 0.29) is 0 Å². The summed E-state index contributed by atoms with van der Waals surface area (Å²) in [4.78, 5) is 6.66. The summed E-state index contributed by atoms with van der Waals surface area (Å²) in [5.41, 5.74) is 8.69. The van der Waals surface area contributed by atoms with E-state index in [9.17, 15) is 0 Å². The topological polar surface area (TPSA) is 0 Å². The molecule has 0 atom stereocenters. The molecule has 7 aromatic rings. The van der Waals surface area contributed by atoms with Crippen LogP contribution in [0.3, 0.4) is 0 Å². The fourth-order valence-electron chi connectivity index (χ4n) is 4.84. The Labute approximate surface area is 260 Å². The lowest BCUT2D eigenvalue weighted by Crippen LogP contribution is -1.82. The summed E-state index contributed by atoms with van der Waals surface area (Å²) in [6.07, 6.45) is 0. The van der Waals surface area contributed by atoms with Crippen LogP contribution in [-0.4, -0.2) is 0 Å². The summed E-state index contributed by atoms with van der Waals surface area (Å²) in [5, 5.41) is 0. The smallest absolute Gasteiger partial charge is 0.0660 e. The van der Waals surface area contributed by atoms with E-state index in [1.54, 1.807) is 0 Å². The molecule has 0 aliphatic rings. The van der Waals surface area contributed by atoms with E-state index in [2.05, 4.69) is 162 Å². The first-order valence-electron chi connectivity index (χ1n) is 13.0. The first kappa shape index (κ1) is 25.7. The molecule has 4 aromatic carbocycles. The quantitative estimate of drug-likeness (QED) is 0.154. The monoisotopic (exact) mass is 678 g/mol. The Hall–Kier alpha value is -3.29. The molecule has 3 aromatic heterocycles. The highest BCUT2D eigenvalue weighted by Gasteiger charge is 2.11. The largest absolute Gasteiger partial charge is 0.134 e. The number of benzene rings is 4. The fourth-order valence-corrected chi connectivity index (χ4v) is 8.66. The molecule has 0 fully saturated rings. The van der Waals surface area contributed by atoms with Crippen LogP contribution in [0, 0.1) is 2.88 Å². The highest BCUT2D eigenvalue weighted by atomic mass is 127. The Balaban J connectivity index is 1.05. The van der Waals surface area contributed by atoms with Gasteiger partial charge >= 0.3 is 0 Å². The molecule has 40 heavy (non-hydrogen) atoms. The summed E-state index contributed by atoms with van der Waals surface area (Å²) < 4.78 is 1.33. The summed E-state index contributed by atoms with van der Waals surface area (Å²) in [7, 11) is 0. The Morgan fingerprint density at radius 1 is 0.275 bits per heavy atom. The molecule has 0 spiro atoms. The van der Waals surface area contributed by atoms with Crippen molar-refractivity contribution < 1.29 is 0 Å². The first-order valence-corrected chi connectivity index (χ1v) is 16.5. The molecule has 192 valence electrons. The second-order valence-electron chi connectivity index (χ2n) is 9.53. The Morgan fingerprint density at radius 3 is 1.02 bits per heavy atom. The summed E-state index contributed by atoms with van der Waals surface area (Å²) in [5.74, 6) is 0. The van der Waals surface area contributed by atoms with Crippen LogP contribution in [0.25, 0.3) is 63.3 Å². The van der Waals surface area contributed by atoms with Gasteiger partial charge in [-0.3, -0.25) is 0 Å². The average molecular weight is 679 g/mol. The summed E-state index contributed by atoms with van der Waals surface area (Å²) >= 11 is 7.99. The van der Waals surface area contributed by atoms with Crippen molar-refractivity contribution in [3.05, 3.63) is 142 Å². The lowest BCUT2D eigenvalue weighted by atomic mass is 9.97. The van der Waals surface area contributed by atoms with Gasteiger partial charge in [0.1, 0.15) is 0 Å². The van der Waals surface area contributed by atoms with Gasteiger partial charge in [0.15, 0.2) is 0 Å². The van der Waals surface area contributed by atoms with Crippen molar-refractivity contribution in [1.82, 2.24) is 0 Å². The van der Waals surface area contributed by atoms with Crippen molar-refractivity contribution in [2.24, 2.45) is 0 Å². The van der Waals surface area contributed by atoms with E-state index in [1.165, 1.54) is 66.2 Å². The van der Waals surface area contributed by atoms with E-state index in [0.29, 0.717) is 0 Å². The molecule has 0 radical (unpaired) electrons. The maximum Gasteiger partial charge on any atom is 0.0660 e. The molecule has 0 bridgehead atoms. The second kappa shape index (κ2) is 11.3. The predicted molar refractivity (Wildman–Crippen MR) is 185 cm³/mol. The van der Waals surface area contributed by atoms with Crippen molar-refractivity contribution in [3.63, 3.8) is 0 Å². The van der Waals surface area contributed by atoms with Crippen LogP contribution in [0.15, 0.2) is 140 Å². The maximum atomic E-state index is 2.39. The number of rotatable bonds is 6. The van der Waals surface area contributed by atoms with Crippen LogP contribution >= 0.6 is 56.6 Å². The van der Waals surface area contributed by atoms with Gasteiger partial charge < -0.3 is 0 Å². The van der Waals surface area contributed by atoms with E-state index in [4.69, 9.17) is 0 Å². The predicted octanol–water partition coefficient (Wildman–Crippen LogP) is 12.5. The molecule has 0 aliphatic heterocycles. The summed E-state index contributed by atoms with van der Waals surface area (Å²) in [6.45, 7) is 0. The molecule has 3 heterocycles. The average Bonchev–Trinajstić information content (AvgIpc) is 3.79. The van der Waals surface area contributed by atoms with Crippen LogP contribution < -0.4 is 0 Å². The molecule has 0 saturated heterocycles. The van der Waals surface area contributed by atoms with Gasteiger partial charge in [-0.1, -0.05) is 103 Å². The van der Waals surface area contributed by atoms with E-state index >= 15 is 0 Å². The number of halogens is 1. The van der Waals surface area contributed by atoms with Crippen molar-refractivity contribution in [3.8, 4) is 63.3 Å². The standard InChI is InChI=1S/C36H23IS3/c37-36-23-22-35(40-36)34-21-20-33(39-34)32-19-18-31(38-32)30-16-14-29(15-17-30)28-12-10-27(11-13-28)26-8-6-25(7-9-26)24-4-2-1-3-5-24/h1-23H. The van der Waals surface area contributed by atoms with Crippen molar-refractivity contribution in [1.29, 1.82) is 0 Å². The van der Waals surface area contributed by atoms with Gasteiger partial charge in [0.2, 0.25) is 0 Å². The zero-order valence-electron chi connectivity index (χ0n) is 21.4. The molecular formula is C36H23IS3. The van der Waals surface area contributed by atoms with E-state index in [0.717, 1.165) is 0 Å². The third-order valence-corrected chi connectivity index (χ3v) is 11.5. The van der Waals surface area contributed by atoms with Crippen LogP contribution in [0.5, 0.6) is 0 Å². The fraction of sp³-hybridized carbons (Fsp3) is 0. The van der Waals surface area contributed by atoms with Gasteiger partial charge in [-0.25, -0.2) is 0 Å². The van der Waals surface area contributed by atoms with Gasteiger partial charge in [0, 0.05) is 24.4 Å². The van der Waals surface area contributed by atoms with E-state index < -0.39 is 0 Å². The van der Waals surface area contributed by atoms with Crippen LogP contribution in [0.4, 0.5) is 0 Å². The van der Waals surface area contributed by atoms with Crippen LogP contribution in [0.2, 0.25) is 0 Å². The lowest BCUT2D eigenvalue weighted by molar-refractivity contribution is 1.57. The second-order valence-corrected chi connectivity index (χ2v) is 14.7. The molecule has 0 amide bonds. The molecule has 0 unspecified atom stereocenters. The van der Waals surface area contributed by atoms with E-state index in [1.807, 2.05) is 34.0 Å². The SMILES string of the molecule is Ic1ccc(-c2ccc(-c3ccc(-c4ccc(-c5ccc(-c6ccc(-c7ccccc7)cc6)cc5)cc4)s3)s2)s1. The number of hydrogen-bond acceptors (Lipinski definition) is 3. The highest BCUT2D eigenvalue weighted by Crippen LogP contribution is 2.42. The number of hydrogen-bond donors (Lipinski definition) is 0. The normalized spacial score (nSPS) is 11.1. The van der Waals surface area contributed by atoms with Crippen LogP contribution in [0.1, 0.15) is 0 Å². The first-order chi connectivity index (χ1) is 19.7. The minimum absolute atomic E-state index is 1.23. The van der Waals surface area contributed by atoms with Crippen molar-refractivity contribution >= 4 is 56.6 Å². The van der Waals surface area contributed by atoms with Gasteiger partial charge in [-0.05, 0) is 97.9 Å². The van der Waals surface area contributed by atoms with Crippen molar-refractivity contribution in [2.45, 2.75) is 0 Å². The molecule has 0 saturated carbocycles. The summed E-state index contributed by atoms with van der Waals surface area (Å²) in [6, 6.07) is 50.6. The third kappa shape index (κ3) is 5.37. The minimum Gasteiger partial charge on any atom is -0.134 e. The molecule has 0 N–H and O–H groups in total. The van der Waals surface area contributed by atoms with Crippen molar-refractivity contribution in [2.75, 3.05) is 0 Å². The third-order valence-electron chi connectivity index (χ3n) is 6.98. The Bertz CT molecular complexity index is 1870. The van der Waals surface area contributed by atoms with Gasteiger partial charge in [-0.15, -0.1) is 34.0 Å². The lowest BCUT2D eigenvalue weighted by Gasteiger charge is -2.07. The minimum atomic E-state index is 1.23. The van der Waals surface area contributed by atoms with Gasteiger partial charge in [-0.2, -0.15) is 0 Å².